The molecule has 0 aliphatic heterocycles. The van der Waals surface area contributed by atoms with Crippen LogP contribution in [0, 0.1) is 6.92 Å². The zero-order chi connectivity index (χ0) is 14.9. The minimum absolute atomic E-state index is 0.273. The third-order valence-corrected chi connectivity index (χ3v) is 3.21. The van der Waals surface area contributed by atoms with E-state index in [2.05, 4.69) is 4.98 Å². The second-order valence-corrected chi connectivity index (χ2v) is 4.80. The van der Waals surface area contributed by atoms with Crippen LogP contribution in [0.2, 0.25) is 5.02 Å². The summed E-state index contributed by atoms with van der Waals surface area (Å²) in [5.74, 6) is 0. The van der Waals surface area contributed by atoms with E-state index in [0.717, 1.165) is 18.5 Å². The molecule has 0 bridgehead atoms. The van der Waals surface area contributed by atoms with E-state index in [0.29, 0.717) is 16.1 Å². The van der Waals surface area contributed by atoms with E-state index in [4.69, 9.17) is 11.6 Å². The molecule has 0 spiro atoms. The first kappa shape index (κ1) is 14.8. The Morgan fingerprint density at radius 2 is 1.90 bits per heavy atom. The highest BCUT2D eigenvalue weighted by Crippen LogP contribution is 2.36. The zero-order valence-corrected chi connectivity index (χ0v) is 11.2. The molecule has 1 unspecified atom stereocenters. The maximum Gasteiger partial charge on any atom is 0.416 e. The van der Waals surface area contributed by atoms with Crippen molar-refractivity contribution in [2.45, 2.75) is 19.2 Å². The maximum atomic E-state index is 12.9. The lowest BCUT2D eigenvalue weighted by Crippen LogP contribution is -2.13. The number of benzene rings is 1. The normalized spacial score (nSPS) is 13.3. The zero-order valence-electron chi connectivity index (χ0n) is 10.4. The van der Waals surface area contributed by atoms with Gasteiger partial charge in [-0.25, -0.2) is 0 Å². The number of rotatable bonds is 2. The molecule has 2 aromatic rings. The quantitative estimate of drug-likeness (QED) is 0.904. The average Bonchev–Trinajstić information content (AvgIpc) is 2.37. The van der Waals surface area contributed by atoms with Gasteiger partial charge in [0.25, 0.3) is 0 Å². The third-order valence-electron chi connectivity index (χ3n) is 2.98. The van der Waals surface area contributed by atoms with Crippen LogP contribution in [0.3, 0.4) is 0 Å². The van der Waals surface area contributed by atoms with Gasteiger partial charge in [0.1, 0.15) is 6.10 Å². The summed E-state index contributed by atoms with van der Waals surface area (Å²) in [6.45, 7) is 1.67. The highest BCUT2D eigenvalue weighted by atomic mass is 35.5. The van der Waals surface area contributed by atoms with Crippen molar-refractivity contribution in [2.24, 2.45) is 0 Å². The molecule has 0 saturated heterocycles. The summed E-state index contributed by atoms with van der Waals surface area (Å²) in [6.07, 6.45) is -3.87. The Balaban J connectivity index is 2.51. The van der Waals surface area contributed by atoms with Gasteiger partial charge in [-0.05, 0) is 36.2 Å². The Hall–Kier alpha value is -1.59. The summed E-state index contributed by atoms with van der Waals surface area (Å²) in [4.78, 5) is 3.67. The van der Waals surface area contributed by atoms with Crippen LogP contribution in [0.5, 0.6) is 0 Å². The molecule has 1 atom stereocenters. The number of aryl methyl sites for hydroxylation is 1. The molecular weight excluding hydrogens is 291 g/mol. The van der Waals surface area contributed by atoms with Crippen molar-refractivity contribution in [3.63, 3.8) is 0 Å². The number of aliphatic hydroxyl groups is 1. The predicted octanol–water partition coefficient (Wildman–Crippen LogP) is 4.14. The molecule has 2 rings (SSSR count). The molecule has 1 aromatic heterocycles. The Labute approximate surface area is 118 Å². The summed E-state index contributed by atoms with van der Waals surface area (Å²) < 4.78 is 38.8. The van der Waals surface area contributed by atoms with Crippen LogP contribution in [0.15, 0.2) is 36.7 Å². The van der Waals surface area contributed by atoms with Crippen molar-refractivity contribution in [1.29, 1.82) is 0 Å². The van der Waals surface area contributed by atoms with Gasteiger partial charge >= 0.3 is 6.18 Å². The van der Waals surface area contributed by atoms with Crippen LogP contribution in [0.4, 0.5) is 13.2 Å². The first-order valence-corrected chi connectivity index (χ1v) is 6.13. The summed E-state index contributed by atoms with van der Waals surface area (Å²) in [5, 5.41) is 10.7. The van der Waals surface area contributed by atoms with Crippen molar-refractivity contribution in [3.05, 3.63) is 63.9 Å². The standard InChI is InChI=1S/C14H11ClF3NO/c1-8-6-9(15)2-3-10(8)13(20)11-7-19-5-4-12(11)14(16,17)18/h2-7,13,20H,1H3. The molecule has 2 nitrogen and oxygen atoms in total. The topological polar surface area (TPSA) is 33.1 Å². The van der Waals surface area contributed by atoms with E-state index in [1.54, 1.807) is 13.0 Å². The summed E-state index contributed by atoms with van der Waals surface area (Å²) in [7, 11) is 0. The molecule has 0 aliphatic rings. The monoisotopic (exact) mass is 301 g/mol. The van der Waals surface area contributed by atoms with Gasteiger partial charge < -0.3 is 5.11 Å². The smallest absolute Gasteiger partial charge is 0.384 e. The number of alkyl halides is 3. The van der Waals surface area contributed by atoms with E-state index < -0.39 is 17.8 Å². The molecule has 0 fully saturated rings. The van der Waals surface area contributed by atoms with Gasteiger partial charge in [0.15, 0.2) is 0 Å². The van der Waals surface area contributed by atoms with Crippen LogP contribution in [0.1, 0.15) is 28.4 Å². The fraction of sp³-hybridized carbons (Fsp3) is 0.214. The van der Waals surface area contributed by atoms with Gasteiger partial charge in [-0.3, -0.25) is 4.98 Å². The number of aromatic nitrogens is 1. The average molecular weight is 302 g/mol. The van der Waals surface area contributed by atoms with E-state index in [-0.39, 0.29) is 5.56 Å². The van der Waals surface area contributed by atoms with Gasteiger partial charge in [-0.1, -0.05) is 17.7 Å². The van der Waals surface area contributed by atoms with E-state index in [1.165, 1.54) is 12.1 Å². The van der Waals surface area contributed by atoms with Crippen LogP contribution < -0.4 is 0 Å². The molecule has 6 heteroatoms. The van der Waals surface area contributed by atoms with Gasteiger partial charge in [0.2, 0.25) is 0 Å². The number of aliphatic hydroxyl groups excluding tert-OH is 1. The van der Waals surface area contributed by atoms with Crippen LogP contribution >= 0.6 is 11.6 Å². The summed E-state index contributed by atoms with van der Waals surface area (Å²) in [6, 6.07) is 5.47. The second kappa shape index (κ2) is 5.42. The number of nitrogens with zero attached hydrogens (tertiary/aromatic N) is 1. The Kier molecular flexibility index (Phi) is 4.01. The first-order valence-electron chi connectivity index (χ1n) is 5.76. The van der Waals surface area contributed by atoms with Crippen LogP contribution in [-0.4, -0.2) is 10.1 Å². The highest BCUT2D eigenvalue weighted by Gasteiger charge is 2.35. The lowest BCUT2D eigenvalue weighted by molar-refractivity contribution is -0.139. The van der Waals surface area contributed by atoms with E-state index in [1.807, 2.05) is 0 Å². The minimum Gasteiger partial charge on any atom is -0.384 e. The van der Waals surface area contributed by atoms with Gasteiger partial charge in [0, 0.05) is 23.0 Å². The number of hydrogen-bond acceptors (Lipinski definition) is 2. The van der Waals surface area contributed by atoms with E-state index in [9.17, 15) is 18.3 Å². The Morgan fingerprint density at radius 1 is 1.20 bits per heavy atom. The molecule has 0 amide bonds. The van der Waals surface area contributed by atoms with Gasteiger partial charge in [-0.2, -0.15) is 13.2 Å². The first-order chi connectivity index (χ1) is 9.30. The molecular formula is C14H11ClF3NO. The Morgan fingerprint density at radius 3 is 2.50 bits per heavy atom. The Bertz CT molecular complexity index is 628. The molecule has 0 aliphatic carbocycles. The highest BCUT2D eigenvalue weighted by molar-refractivity contribution is 6.30. The molecule has 1 heterocycles. The van der Waals surface area contributed by atoms with Gasteiger partial charge in [0.05, 0.1) is 5.56 Å². The number of halogens is 4. The van der Waals surface area contributed by atoms with Crippen molar-refractivity contribution < 1.29 is 18.3 Å². The second-order valence-electron chi connectivity index (χ2n) is 4.36. The third kappa shape index (κ3) is 2.94. The molecule has 0 radical (unpaired) electrons. The molecule has 1 N–H and O–H groups in total. The summed E-state index contributed by atoms with van der Waals surface area (Å²) in [5.41, 5.74) is -0.186. The van der Waals surface area contributed by atoms with Crippen molar-refractivity contribution in [2.75, 3.05) is 0 Å². The maximum absolute atomic E-state index is 12.9. The molecule has 20 heavy (non-hydrogen) atoms. The van der Waals surface area contributed by atoms with Crippen molar-refractivity contribution in [1.82, 2.24) is 4.98 Å². The molecule has 1 aromatic carbocycles. The minimum atomic E-state index is -4.54. The van der Waals surface area contributed by atoms with E-state index >= 15 is 0 Å². The van der Waals surface area contributed by atoms with Gasteiger partial charge in [-0.15, -0.1) is 0 Å². The summed E-state index contributed by atoms with van der Waals surface area (Å²) >= 11 is 5.80. The number of pyridine rings is 1. The van der Waals surface area contributed by atoms with Crippen molar-refractivity contribution in [3.8, 4) is 0 Å². The fourth-order valence-corrected chi connectivity index (χ4v) is 2.22. The van der Waals surface area contributed by atoms with Crippen molar-refractivity contribution >= 4 is 11.6 Å². The molecule has 0 saturated carbocycles. The molecule has 106 valence electrons. The number of hydrogen-bond donors (Lipinski definition) is 1. The SMILES string of the molecule is Cc1cc(Cl)ccc1C(O)c1cnccc1C(F)(F)F. The lowest BCUT2D eigenvalue weighted by atomic mass is 9.95. The largest absolute Gasteiger partial charge is 0.416 e. The van der Waals surface area contributed by atoms with Crippen LogP contribution in [0.25, 0.3) is 0 Å². The fourth-order valence-electron chi connectivity index (χ4n) is 2.00. The lowest BCUT2D eigenvalue weighted by Gasteiger charge is -2.18. The van der Waals surface area contributed by atoms with Crippen LogP contribution in [-0.2, 0) is 6.18 Å². The predicted molar refractivity (Wildman–Crippen MR) is 69.5 cm³/mol.